The molecule has 0 saturated heterocycles. The van der Waals surface area contributed by atoms with Gasteiger partial charge in [0.05, 0.1) is 0 Å². The fourth-order valence-corrected chi connectivity index (χ4v) is 3.14. The quantitative estimate of drug-likeness (QED) is 0.279. The first-order valence-electron chi connectivity index (χ1n) is 9.72. The molecule has 0 aromatic carbocycles. The van der Waals surface area contributed by atoms with Crippen LogP contribution in [0.1, 0.15) is 98.3 Å². The zero-order valence-corrected chi connectivity index (χ0v) is 16.7. The molecule has 134 valence electrons. The van der Waals surface area contributed by atoms with Gasteiger partial charge in [0, 0.05) is 13.2 Å². The van der Waals surface area contributed by atoms with E-state index >= 15 is 0 Å². The van der Waals surface area contributed by atoms with Crippen molar-refractivity contribution in [2.24, 2.45) is 5.41 Å². The van der Waals surface area contributed by atoms with Crippen molar-refractivity contribution in [3.63, 3.8) is 0 Å². The number of ether oxygens (including phenoxy) is 1. The molecule has 0 spiro atoms. The third kappa shape index (κ3) is 20.3. The largest absolute Gasteiger partial charge is 0.381 e. The lowest BCUT2D eigenvalue weighted by molar-refractivity contribution is 0.105. The van der Waals surface area contributed by atoms with E-state index in [1.165, 1.54) is 82.1 Å². The summed E-state index contributed by atoms with van der Waals surface area (Å²) in [6, 6.07) is 0. The summed E-state index contributed by atoms with van der Waals surface area (Å²) in [6.07, 6.45) is 15.2. The van der Waals surface area contributed by atoms with Crippen LogP contribution < -0.4 is 0 Å². The minimum absolute atomic E-state index is 0.412. The molecule has 1 nitrogen and oxygen atoms in total. The van der Waals surface area contributed by atoms with Gasteiger partial charge in [-0.05, 0) is 36.2 Å². The standard InChI is InChI=1S/C20H42OS/c1-5-22-19-15-13-11-9-7-6-8-10-12-14-17-21-18-16-20(2,3)4/h5-19H2,1-4H3. The average Bonchev–Trinajstić information content (AvgIpc) is 2.45. The predicted molar refractivity (Wildman–Crippen MR) is 104 cm³/mol. The van der Waals surface area contributed by atoms with E-state index < -0.39 is 0 Å². The Balaban J connectivity index is 3.00. The Hall–Kier alpha value is 0.310. The van der Waals surface area contributed by atoms with E-state index in [2.05, 4.69) is 39.5 Å². The summed E-state index contributed by atoms with van der Waals surface area (Å²) in [7, 11) is 0. The van der Waals surface area contributed by atoms with E-state index in [1.807, 2.05) is 0 Å². The highest BCUT2D eigenvalue weighted by molar-refractivity contribution is 7.99. The number of hydrogen-bond acceptors (Lipinski definition) is 2. The van der Waals surface area contributed by atoms with Crippen LogP contribution in [0.15, 0.2) is 0 Å². The van der Waals surface area contributed by atoms with Crippen LogP contribution in [-0.2, 0) is 4.74 Å². The second kappa shape index (κ2) is 16.2. The van der Waals surface area contributed by atoms with Gasteiger partial charge >= 0.3 is 0 Å². The zero-order valence-electron chi connectivity index (χ0n) is 15.9. The van der Waals surface area contributed by atoms with Gasteiger partial charge in [-0.25, -0.2) is 0 Å². The van der Waals surface area contributed by atoms with Crippen LogP contribution in [0.3, 0.4) is 0 Å². The Labute approximate surface area is 145 Å². The third-order valence-corrected chi connectivity index (χ3v) is 5.01. The fourth-order valence-electron chi connectivity index (χ4n) is 2.45. The molecule has 22 heavy (non-hydrogen) atoms. The van der Waals surface area contributed by atoms with E-state index in [0.717, 1.165) is 13.2 Å². The molecule has 0 N–H and O–H groups in total. The maximum absolute atomic E-state index is 5.71. The molecule has 0 atom stereocenters. The molecular formula is C20H42OS. The van der Waals surface area contributed by atoms with Gasteiger partial charge in [0.25, 0.3) is 0 Å². The monoisotopic (exact) mass is 330 g/mol. The lowest BCUT2D eigenvalue weighted by Gasteiger charge is -2.17. The predicted octanol–water partition coefficient (Wildman–Crippen LogP) is 7.09. The molecule has 0 amide bonds. The van der Waals surface area contributed by atoms with Crippen LogP contribution in [0.4, 0.5) is 0 Å². The maximum Gasteiger partial charge on any atom is 0.0471 e. The minimum atomic E-state index is 0.412. The molecular weight excluding hydrogens is 288 g/mol. The molecule has 0 fully saturated rings. The lowest BCUT2D eigenvalue weighted by Crippen LogP contribution is -2.09. The summed E-state index contributed by atoms with van der Waals surface area (Å²) < 4.78 is 5.71. The van der Waals surface area contributed by atoms with Gasteiger partial charge < -0.3 is 4.74 Å². The summed E-state index contributed by atoms with van der Waals surface area (Å²) in [5.74, 6) is 2.65. The SMILES string of the molecule is CCSCCCCCCCCCCCCOCCC(C)(C)C. The number of rotatable bonds is 16. The van der Waals surface area contributed by atoms with Crippen LogP contribution in [-0.4, -0.2) is 24.7 Å². The second-order valence-corrected chi connectivity index (χ2v) is 9.05. The second-order valence-electron chi connectivity index (χ2n) is 7.66. The van der Waals surface area contributed by atoms with Crippen molar-refractivity contribution >= 4 is 11.8 Å². The van der Waals surface area contributed by atoms with Gasteiger partial charge in [-0.1, -0.05) is 79.1 Å². The van der Waals surface area contributed by atoms with E-state index in [4.69, 9.17) is 4.74 Å². The lowest BCUT2D eigenvalue weighted by atomic mass is 9.93. The van der Waals surface area contributed by atoms with Crippen LogP contribution in [0, 0.1) is 5.41 Å². The van der Waals surface area contributed by atoms with Gasteiger partial charge in [0.2, 0.25) is 0 Å². The Kier molecular flexibility index (Phi) is 16.4. The third-order valence-electron chi connectivity index (χ3n) is 4.03. The fraction of sp³-hybridized carbons (Fsp3) is 1.00. The molecule has 0 radical (unpaired) electrons. The highest BCUT2D eigenvalue weighted by atomic mass is 32.2. The van der Waals surface area contributed by atoms with Gasteiger partial charge in [0.15, 0.2) is 0 Å². The van der Waals surface area contributed by atoms with Crippen molar-refractivity contribution < 1.29 is 4.74 Å². The van der Waals surface area contributed by atoms with Crippen molar-refractivity contribution in [2.45, 2.75) is 98.3 Å². The van der Waals surface area contributed by atoms with E-state index in [1.54, 1.807) is 0 Å². The van der Waals surface area contributed by atoms with Crippen molar-refractivity contribution in [3.05, 3.63) is 0 Å². The van der Waals surface area contributed by atoms with Gasteiger partial charge in [-0.2, -0.15) is 11.8 Å². The summed E-state index contributed by atoms with van der Waals surface area (Å²) in [4.78, 5) is 0. The van der Waals surface area contributed by atoms with E-state index in [0.29, 0.717) is 5.41 Å². The molecule has 0 saturated carbocycles. The summed E-state index contributed by atoms with van der Waals surface area (Å²) in [5, 5.41) is 0. The summed E-state index contributed by atoms with van der Waals surface area (Å²) in [6.45, 7) is 11.0. The Morgan fingerprint density at radius 2 is 1.18 bits per heavy atom. The van der Waals surface area contributed by atoms with Crippen LogP contribution >= 0.6 is 11.8 Å². The van der Waals surface area contributed by atoms with Crippen LogP contribution in [0.5, 0.6) is 0 Å². The average molecular weight is 331 g/mol. The van der Waals surface area contributed by atoms with Crippen LogP contribution in [0.25, 0.3) is 0 Å². The molecule has 0 heterocycles. The molecule has 0 aromatic heterocycles. The van der Waals surface area contributed by atoms with E-state index in [-0.39, 0.29) is 0 Å². The van der Waals surface area contributed by atoms with Crippen molar-refractivity contribution in [1.29, 1.82) is 0 Å². The number of unbranched alkanes of at least 4 members (excludes halogenated alkanes) is 9. The molecule has 0 aliphatic heterocycles. The van der Waals surface area contributed by atoms with Gasteiger partial charge in [-0.15, -0.1) is 0 Å². The molecule has 2 heteroatoms. The van der Waals surface area contributed by atoms with E-state index in [9.17, 15) is 0 Å². The first kappa shape index (κ1) is 22.3. The highest BCUT2D eigenvalue weighted by Gasteiger charge is 2.08. The molecule has 0 unspecified atom stereocenters. The first-order chi connectivity index (χ1) is 10.6. The normalized spacial score (nSPS) is 12.0. The topological polar surface area (TPSA) is 9.23 Å². The van der Waals surface area contributed by atoms with Crippen molar-refractivity contribution in [3.8, 4) is 0 Å². The molecule has 0 aliphatic rings. The first-order valence-corrected chi connectivity index (χ1v) is 10.9. The number of thioether (sulfide) groups is 1. The Morgan fingerprint density at radius 1 is 0.682 bits per heavy atom. The zero-order chi connectivity index (χ0) is 16.5. The minimum Gasteiger partial charge on any atom is -0.381 e. The maximum atomic E-state index is 5.71. The summed E-state index contributed by atoms with van der Waals surface area (Å²) >= 11 is 2.08. The highest BCUT2D eigenvalue weighted by Crippen LogP contribution is 2.18. The Bertz CT molecular complexity index is 210. The smallest absolute Gasteiger partial charge is 0.0471 e. The molecule has 0 rings (SSSR count). The Morgan fingerprint density at radius 3 is 1.68 bits per heavy atom. The van der Waals surface area contributed by atoms with Gasteiger partial charge in [-0.3, -0.25) is 0 Å². The molecule has 0 aromatic rings. The number of hydrogen-bond donors (Lipinski definition) is 0. The van der Waals surface area contributed by atoms with Gasteiger partial charge in [0.1, 0.15) is 0 Å². The van der Waals surface area contributed by atoms with Crippen LogP contribution in [0.2, 0.25) is 0 Å². The molecule has 0 bridgehead atoms. The van der Waals surface area contributed by atoms with Crippen molar-refractivity contribution in [2.75, 3.05) is 24.7 Å². The van der Waals surface area contributed by atoms with Crippen molar-refractivity contribution in [1.82, 2.24) is 0 Å². The molecule has 0 aliphatic carbocycles. The summed E-state index contributed by atoms with van der Waals surface area (Å²) in [5.41, 5.74) is 0.412.